The number of carbonyl (C=O) groups is 1. The number of nitrogens with zero attached hydrogens (tertiary/aromatic N) is 5. The molecule has 8 heteroatoms. The molecule has 8 nitrogen and oxygen atoms in total. The second kappa shape index (κ2) is 6.39. The monoisotopic (exact) mass is 312 g/mol. The summed E-state index contributed by atoms with van der Waals surface area (Å²) < 4.78 is 4.88. The number of anilines is 1. The summed E-state index contributed by atoms with van der Waals surface area (Å²) in [6.45, 7) is 3.75. The minimum Gasteiger partial charge on any atom is -0.360 e. The maximum absolute atomic E-state index is 11.9. The Kier molecular flexibility index (Phi) is 4.13. The van der Waals surface area contributed by atoms with E-state index in [1.165, 1.54) is 10.4 Å². The van der Waals surface area contributed by atoms with Crippen molar-refractivity contribution in [3.05, 3.63) is 53.0 Å². The molecule has 2 heterocycles. The molecule has 1 amide bonds. The Morgan fingerprint density at radius 3 is 2.74 bits per heavy atom. The SMILES string of the molecule is Cc1ccc(Cc2nnn(CC(=O)Nc3cc(C)on3)n2)cc1. The van der Waals surface area contributed by atoms with Crippen molar-refractivity contribution >= 4 is 11.7 Å². The molecular formula is C15H16N6O2. The minimum absolute atomic E-state index is 0.0349. The molecule has 3 rings (SSSR count). The first-order valence-corrected chi connectivity index (χ1v) is 7.14. The van der Waals surface area contributed by atoms with Gasteiger partial charge in [-0.15, -0.1) is 10.2 Å². The molecule has 3 aromatic rings. The molecule has 0 radical (unpaired) electrons. The third kappa shape index (κ3) is 4.00. The molecule has 118 valence electrons. The molecule has 0 fully saturated rings. The van der Waals surface area contributed by atoms with Crippen molar-refractivity contribution in [2.24, 2.45) is 0 Å². The van der Waals surface area contributed by atoms with Crippen LogP contribution in [0.4, 0.5) is 5.82 Å². The van der Waals surface area contributed by atoms with Crippen LogP contribution in [0.3, 0.4) is 0 Å². The van der Waals surface area contributed by atoms with Crippen molar-refractivity contribution in [2.75, 3.05) is 5.32 Å². The third-order valence-electron chi connectivity index (χ3n) is 3.16. The number of benzene rings is 1. The molecule has 0 unspecified atom stereocenters. The van der Waals surface area contributed by atoms with Gasteiger partial charge in [0.2, 0.25) is 5.91 Å². The van der Waals surface area contributed by atoms with Crippen molar-refractivity contribution in [1.82, 2.24) is 25.4 Å². The lowest BCUT2D eigenvalue weighted by Gasteiger charge is -1.99. The summed E-state index contributed by atoms with van der Waals surface area (Å²) in [6, 6.07) is 9.75. The number of tetrazole rings is 1. The van der Waals surface area contributed by atoms with Gasteiger partial charge in [0.1, 0.15) is 12.3 Å². The van der Waals surface area contributed by atoms with Gasteiger partial charge in [-0.2, -0.15) is 4.80 Å². The van der Waals surface area contributed by atoms with Crippen LogP contribution in [0.2, 0.25) is 0 Å². The second-order valence-corrected chi connectivity index (χ2v) is 5.27. The van der Waals surface area contributed by atoms with Crippen LogP contribution in [-0.4, -0.2) is 31.3 Å². The summed E-state index contributed by atoms with van der Waals surface area (Å²) in [7, 11) is 0. The van der Waals surface area contributed by atoms with Gasteiger partial charge >= 0.3 is 0 Å². The van der Waals surface area contributed by atoms with E-state index >= 15 is 0 Å². The summed E-state index contributed by atoms with van der Waals surface area (Å²) in [5.41, 5.74) is 2.29. The Morgan fingerprint density at radius 2 is 2.04 bits per heavy atom. The highest BCUT2D eigenvalue weighted by Crippen LogP contribution is 2.08. The van der Waals surface area contributed by atoms with Gasteiger partial charge in [-0.3, -0.25) is 4.79 Å². The van der Waals surface area contributed by atoms with E-state index in [0.717, 1.165) is 5.56 Å². The summed E-state index contributed by atoms with van der Waals surface area (Å²) >= 11 is 0. The van der Waals surface area contributed by atoms with Gasteiger partial charge in [0.15, 0.2) is 11.6 Å². The Balaban J connectivity index is 1.58. The van der Waals surface area contributed by atoms with E-state index in [0.29, 0.717) is 23.8 Å². The molecule has 0 aliphatic carbocycles. The van der Waals surface area contributed by atoms with E-state index in [1.54, 1.807) is 13.0 Å². The molecule has 0 atom stereocenters. The van der Waals surface area contributed by atoms with E-state index in [1.807, 2.05) is 31.2 Å². The Bertz CT molecular complexity index is 805. The molecule has 1 N–H and O–H groups in total. The number of hydrogen-bond donors (Lipinski definition) is 1. The van der Waals surface area contributed by atoms with Gasteiger partial charge in [0.05, 0.1) is 0 Å². The molecule has 0 aliphatic rings. The van der Waals surface area contributed by atoms with E-state index in [9.17, 15) is 4.79 Å². The first-order valence-electron chi connectivity index (χ1n) is 7.14. The van der Waals surface area contributed by atoms with Crippen molar-refractivity contribution in [2.45, 2.75) is 26.8 Å². The lowest BCUT2D eigenvalue weighted by Crippen LogP contribution is -2.20. The average molecular weight is 312 g/mol. The first-order chi connectivity index (χ1) is 11.1. The molecule has 0 spiro atoms. The van der Waals surface area contributed by atoms with Crippen molar-refractivity contribution in [3.63, 3.8) is 0 Å². The highest BCUT2D eigenvalue weighted by Gasteiger charge is 2.10. The van der Waals surface area contributed by atoms with Crippen LogP contribution in [-0.2, 0) is 17.8 Å². The number of carbonyl (C=O) groups excluding carboxylic acids is 1. The molecule has 0 bridgehead atoms. The summed E-state index contributed by atoms with van der Waals surface area (Å²) in [5.74, 6) is 1.27. The number of rotatable bonds is 5. The van der Waals surface area contributed by atoms with E-state index in [-0.39, 0.29) is 12.5 Å². The van der Waals surface area contributed by atoms with Gasteiger partial charge in [-0.05, 0) is 24.6 Å². The highest BCUT2D eigenvalue weighted by molar-refractivity contribution is 5.89. The van der Waals surface area contributed by atoms with Gasteiger partial charge in [0.25, 0.3) is 0 Å². The molecule has 2 aromatic heterocycles. The largest absolute Gasteiger partial charge is 0.360 e. The van der Waals surface area contributed by atoms with Gasteiger partial charge in [-0.25, -0.2) is 0 Å². The van der Waals surface area contributed by atoms with Crippen molar-refractivity contribution in [1.29, 1.82) is 0 Å². The van der Waals surface area contributed by atoms with Gasteiger partial charge in [-0.1, -0.05) is 35.0 Å². The second-order valence-electron chi connectivity index (χ2n) is 5.27. The molecule has 23 heavy (non-hydrogen) atoms. The maximum Gasteiger partial charge on any atom is 0.249 e. The zero-order valence-electron chi connectivity index (χ0n) is 12.9. The highest BCUT2D eigenvalue weighted by atomic mass is 16.5. The number of hydrogen-bond acceptors (Lipinski definition) is 6. The zero-order chi connectivity index (χ0) is 16.2. The topological polar surface area (TPSA) is 98.7 Å². The minimum atomic E-state index is -0.294. The third-order valence-corrected chi connectivity index (χ3v) is 3.16. The Hall–Kier alpha value is -3.03. The molecule has 1 aromatic carbocycles. The van der Waals surface area contributed by atoms with Gasteiger partial charge in [0, 0.05) is 12.5 Å². The zero-order valence-corrected chi connectivity index (χ0v) is 12.9. The van der Waals surface area contributed by atoms with Crippen LogP contribution in [0.5, 0.6) is 0 Å². The molecule has 0 saturated carbocycles. The fourth-order valence-corrected chi connectivity index (χ4v) is 2.04. The van der Waals surface area contributed by atoms with Crippen LogP contribution in [0.1, 0.15) is 22.7 Å². The Morgan fingerprint density at radius 1 is 1.26 bits per heavy atom. The van der Waals surface area contributed by atoms with Crippen LogP contribution in [0.15, 0.2) is 34.9 Å². The number of amides is 1. The smallest absolute Gasteiger partial charge is 0.249 e. The van der Waals surface area contributed by atoms with E-state index in [2.05, 4.69) is 25.9 Å². The number of nitrogens with one attached hydrogen (secondary N) is 1. The van der Waals surface area contributed by atoms with Crippen molar-refractivity contribution < 1.29 is 9.32 Å². The Labute approximate surface area is 132 Å². The van der Waals surface area contributed by atoms with Crippen LogP contribution < -0.4 is 5.32 Å². The van der Waals surface area contributed by atoms with E-state index in [4.69, 9.17) is 4.52 Å². The predicted octanol–water partition coefficient (Wildman–Crippen LogP) is 1.51. The maximum atomic E-state index is 11.9. The van der Waals surface area contributed by atoms with Gasteiger partial charge < -0.3 is 9.84 Å². The normalized spacial score (nSPS) is 10.7. The lowest BCUT2D eigenvalue weighted by molar-refractivity contribution is -0.117. The average Bonchev–Trinajstić information content (AvgIpc) is 3.11. The summed E-state index contributed by atoms with van der Waals surface area (Å²) in [5, 5.41) is 18.4. The quantitative estimate of drug-likeness (QED) is 0.766. The fourth-order valence-electron chi connectivity index (χ4n) is 2.04. The fraction of sp³-hybridized carbons (Fsp3) is 0.267. The van der Waals surface area contributed by atoms with E-state index < -0.39 is 0 Å². The summed E-state index contributed by atoms with van der Waals surface area (Å²) in [6.07, 6.45) is 0.574. The predicted molar refractivity (Wildman–Crippen MR) is 81.7 cm³/mol. The number of aromatic nitrogens is 5. The lowest BCUT2D eigenvalue weighted by atomic mass is 10.1. The molecule has 0 saturated heterocycles. The van der Waals surface area contributed by atoms with Crippen LogP contribution in [0, 0.1) is 13.8 Å². The van der Waals surface area contributed by atoms with Crippen LogP contribution >= 0.6 is 0 Å². The first kappa shape index (κ1) is 14.9. The summed E-state index contributed by atoms with van der Waals surface area (Å²) in [4.78, 5) is 13.1. The number of aryl methyl sites for hydroxylation is 2. The standard InChI is InChI=1S/C15H16N6O2/c1-10-3-5-12(6-4-10)8-14-17-20-21(18-14)9-15(22)16-13-7-11(2)23-19-13/h3-7H,8-9H2,1-2H3,(H,16,19,22). The molecule has 0 aliphatic heterocycles. The van der Waals surface area contributed by atoms with Crippen LogP contribution in [0.25, 0.3) is 0 Å². The van der Waals surface area contributed by atoms with Crippen molar-refractivity contribution in [3.8, 4) is 0 Å². The molecular weight excluding hydrogens is 296 g/mol.